The van der Waals surface area contributed by atoms with Gasteiger partial charge in [-0.3, -0.25) is 0 Å². The van der Waals surface area contributed by atoms with Crippen molar-refractivity contribution in [2.24, 2.45) is 0 Å². The molecule has 0 spiro atoms. The summed E-state index contributed by atoms with van der Waals surface area (Å²) in [6.45, 7) is 0.270. The summed E-state index contributed by atoms with van der Waals surface area (Å²) in [5.41, 5.74) is 2.41. The molecule has 2 N–H and O–H groups in total. The van der Waals surface area contributed by atoms with Crippen molar-refractivity contribution in [3.8, 4) is 0 Å². The zero-order chi connectivity index (χ0) is 9.97. The van der Waals surface area contributed by atoms with Crippen LogP contribution in [0.4, 0.5) is 0 Å². The van der Waals surface area contributed by atoms with Crippen LogP contribution in [0.3, 0.4) is 0 Å². The Kier molecular flexibility index (Phi) is 2.84. The van der Waals surface area contributed by atoms with E-state index in [0.29, 0.717) is 6.54 Å². The molecule has 1 aliphatic carbocycles. The van der Waals surface area contributed by atoms with E-state index < -0.39 is 6.10 Å². The Morgan fingerprint density at radius 3 is 3.00 bits per heavy atom. The van der Waals surface area contributed by atoms with Gasteiger partial charge < -0.3 is 14.8 Å². The number of hydrogen-bond acceptors (Lipinski definition) is 3. The topological polar surface area (TPSA) is 58.3 Å². The van der Waals surface area contributed by atoms with Crippen LogP contribution in [0.5, 0.6) is 0 Å². The molecule has 14 heavy (non-hydrogen) atoms. The minimum atomic E-state index is -0.671. The standard InChI is InChI=1S/C10H16N2O2/c13-6-8(14)5-12-7-11-9-3-1-2-4-10(9)12/h7-8,13-14H,1-6H2. The Morgan fingerprint density at radius 2 is 2.21 bits per heavy atom. The maximum absolute atomic E-state index is 9.33. The van der Waals surface area contributed by atoms with Crippen LogP contribution < -0.4 is 0 Å². The highest BCUT2D eigenvalue weighted by atomic mass is 16.3. The molecule has 1 unspecified atom stereocenters. The molecule has 1 aromatic heterocycles. The van der Waals surface area contributed by atoms with Gasteiger partial charge in [0.25, 0.3) is 0 Å². The zero-order valence-electron chi connectivity index (χ0n) is 8.19. The highest BCUT2D eigenvalue weighted by Crippen LogP contribution is 2.19. The van der Waals surface area contributed by atoms with Gasteiger partial charge >= 0.3 is 0 Å². The van der Waals surface area contributed by atoms with Gasteiger partial charge in [0, 0.05) is 5.69 Å². The van der Waals surface area contributed by atoms with Crippen molar-refractivity contribution in [2.45, 2.75) is 38.3 Å². The lowest BCUT2D eigenvalue weighted by molar-refractivity contribution is 0.0805. The molecule has 0 radical (unpaired) electrons. The van der Waals surface area contributed by atoms with Gasteiger partial charge in [0.15, 0.2) is 0 Å². The van der Waals surface area contributed by atoms with Crippen molar-refractivity contribution in [2.75, 3.05) is 6.61 Å². The number of aromatic nitrogens is 2. The third-order valence-corrected chi connectivity index (χ3v) is 2.73. The molecule has 2 rings (SSSR count). The van der Waals surface area contributed by atoms with Gasteiger partial charge in [-0.1, -0.05) is 0 Å². The lowest BCUT2D eigenvalue weighted by Crippen LogP contribution is -2.21. The Morgan fingerprint density at radius 1 is 1.43 bits per heavy atom. The van der Waals surface area contributed by atoms with Crippen LogP contribution in [-0.2, 0) is 19.4 Å². The third kappa shape index (κ3) is 1.81. The second kappa shape index (κ2) is 4.11. The average Bonchev–Trinajstić information content (AvgIpc) is 2.62. The van der Waals surface area contributed by atoms with Crippen molar-refractivity contribution in [3.63, 3.8) is 0 Å². The molecule has 0 aromatic carbocycles. The molecule has 0 aliphatic heterocycles. The number of aliphatic hydroxyl groups excluding tert-OH is 2. The van der Waals surface area contributed by atoms with Crippen molar-refractivity contribution in [3.05, 3.63) is 17.7 Å². The second-order valence-electron chi connectivity index (χ2n) is 3.83. The third-order valence-electron chi connectivity index (χ3n) is 2.73. The van der Waals surface area contributed by atoms with E-state index in [1.54, 1.807) is 6.33 Å². The highest BCUT2D eigenvalue weighted by molar-refractivity contribution is 5.16. The number of hydrogen-bond donors (Lipinski definition) is 2. The van der Waals surface area contributed by atoms with Gasteiger partial charge in [-0.2, -0.15) is 0 Å². The van der Waals surface area contributed by atoms with Crippen LogP contribution >= 0.6 is 0 Å². The molecular formula is C10H16N2O2. The number of aliphatic hydroxyl groups is 2. The lowest BCUT2D eigenvalue weighted by Gasteiger charge is -2.15. The van der Waals surface area contributed by atoms with Crippen LogP contribution in [0.1, 0.15) is 24.2 Å². The Bertz CT molecular complexity index is 309. The van der Waals surface area contributed by atoms with Crippen molar-refractivity contribution in [1.82, 2.24) is 9.55 Å². The number of aryl methyl sites for hydroxylation is 1. The summed E-state index contributed by atoms with van der Waals surface area (Å²) in [5, 5.41) is 18.1. The first-order valence-corrected chi connectivity index (χ1v) is 5.13. The summed E-state index contributed by atoms with van der Waals surface area (Å²) in [7, 11) is 0. The minimum absolute atomic E-state index is 0.188. The molecule has 0 bridgehead atoms. The fourth-order valence-corrected chi connectivity index (χ4v) is 1.97. The Labute approximate surface area is 83.2 Å². The van der Waals surface area contributed by atoms with E-state index in [-0.39, 0.29) is 6.61 Å². The van der Waals surface area contributed by atoms with Crippen molar-refractivity contribution < 1.29 is 10.2 Å². The van der Waals surface area contributed by atoms with E-state index in [2.05, 4.69) is 4.98 Å². The SMILES string of the molecule is OCC(O)Cn1cnc2c1CCCC2. The summed E-state index contributed by atoms with van der Waals surface area (Å²) >= 11 is 0. The maximum Gasteiger partial charge on any atom is 0.0952 e. The molecule has 1 atom stereocenters. The molecule has 0 amide bonds. The summed E-state index contributed by atoms with van der Waals surface area (Å²) < 4.78 is 1.97. The van der Waals surface area contributed by atoms with E-state index in [1.165, 1.54) is 24.2 Å². The molecule has 1 heterocycles. The number of imidazole rings is 1. The minimum Gasteiger partial charge on any atom is -0.394 e. The van der Waals surface area contributed by atoms with E-state index in [0.717, 1.165) is 12.8 Å². The molecular weight excluding hydrogens is 180 g/mol. The summed E-state index contributed by atoms with van der Waals surface area (Å²) in [5.74, 6) is 0. The predicted molar refractivity (Wildman–Crippen MR) is 52.0 cm³/mol. The summed E-state index contributed by atoms with van der Waals surface area (Å²) in [6, 6.07) is 0. The molecule has 0 saturated heterocycles. The Balaban J connectivity index is 2.14. The average molecular weight is 196 g/mol. The van der Waals surface area contributed by atoms with Gasteiger partial charge in [-0.15, -0.1) is 0 Å². The summed E-state index contributed by atoms with van der Waals surface area (Å²) in [6.07, 6.45) is 5.62. The second-order valence-corrected chi connectivity index (χ2v) is 3.83. The van der Waals surface area contributed by atoms with E-state index in [4.69, 9.17) is 5.11 Å². The van der Waals surface area contributed by atoms with Crippen LogP contribution in [0.2, 0.25) is 0 Å². The van der Waals surface area contributed by atoms with Crippen molar-refractivity contribution >= 4 is 0 Å². The smallest absolute Gasteiger partial charge is 0.0952 e. The van der Waals surface area contributed by atoms with E-state index in [9.17, 15) is 5.11 Å². The Hall–Kier alpha value is -0.870. The first-order chi connectivity index (χ1) is 6.81. The summed E-state index contributed by atoms with van der Waals surface area (Å²) in [4.78, 5) is 4.31. The lowest BCUT2D eigenvalue weighted by atomic mass is 10.0. The van der Waals surface area contributed by atoms with Crippen LogP contribution in [0.25, 0.3) is 0 Å². The predicted octanol–water partition coefficient (Wildman–Crippen LogP) is 0.115. The first kappa shape index (κ1) is 9.68. The molecule has 1 aromatic rings. The zero-order valence-corrected chi connectivity index (χ0v) is 8.19. The maximum atomic E-state index is 9.33. The molecule has 78 valence electrons. The first-order valence-electron chi connectivity index (χ1n) is 5.13. The largest absolute Gasteiger partial charge is 0.394 e. The van der Waals surface area contributed by atoms with Gasteiger partial charge in [0.05, 0.1) is 31.3 Å². The van der Waals surface area contributed by atoms with Gasteiger partial charge in [0.2, 0.25) is 0 Å². The molecule has 4 heteroatoms. The number of rotatable bonds is 3. The molecule has 0 fully saturated rings. The van der Waals surface area contributed by atoms with E-state index in [1.807, 2.05) is 4.57 Å². The fraction of sp³-hybridized carbons (Fsp3) is 0.700. The van der Waals surface area contributed by atoms with Crippen LogP contribution in [-0.4, -0.2) is 32.5 Å². The monoisotopic (exact) mass is 196 g/mol. The molecule has 4 nitrogen and oxygen atoms in total. The van der Waals surface area contributed by atoms with E-state index >= 15 is 0 Å². The van der Waals surface area contributed by atoms with Gasteiger partial charge in [-0.05, 0) is 25.7 Å². The quantitative estimate of drug-likeness (QED) is 0.721. The van der Waals surface area contributed by atoms with Gasteiger partial charge in [0.1, 0.15) is 0 Å². The van der Waals surface area contributed by atoms with Crippen molar-refractivity contribution in [1.29, 1.82) is 0 Å². The van der Waals surface area contributed by atoms with Crippen LogP contribution in [0.15, 0.2) is 6.33 Å². The number of nitrogens with zero attached hydrogens (tertiary/aromatic N) is 2. The highest BCUT2D eigenvalue weighted by Gasteiger charge is 2.16. The molecule has 1 aliphatic rings. The number of fused-ring (bicyclic) bond motifs is 1. The normalized spacial score (nSPS) is 17.9. The van der Waals surface area contributed by atoms with Crippen LogP contribution in [0, 0.1) is 0 Å². The molecule has 0 saturated carbocycles. The van der Waals surface area contributed by atoms with Gasteiger partial charge in [-0.25, -0.2) is 4.98 Å². The fourth-order valence-electron chi connectivity index (χ4n) is 1.97.